The van der Waals surface area contributed by atoms with Crippen molar-refractivity contribution in [2.45, 2.75) is 20.3 Å². The van der Waals surface area contributed by atoms with Crippen LogP contribution in [0.25, 0.3) is 22.2 Å². The van der Waals surface area contributed by atoms with E-state index < -0.39 is 5.91 Å². The van der Waals surface area contributed by atoms with Crippen molar-refractivity contribution in [1.29, 1.82) is 0 Å². The molecular formula is C25H23FN4O2. The lowest BCUT2D eigenvalue weighted by Gasteiger charge is -2.08. The Labute approximate surface area is 184 Å². The van der Waals surface area contributed by atoms with Crippen LogP contribution in [0.5, 0.6) is 0 Å². The Kier molecular flexibility index (Phi) is 5.73. The molecule has 4 N–H and O–H groups in total. The van der Waals surface area contributed by atoms with E-state index in [1.54, 1.807) is 48.7 Å². The number of hydrogen-bond acceptors (Lipinski definition) is 3. The van der Waals surface area contributed by atoms with Gasteiger partial charge in [-0.2, -0.15) is 0 Å². The van der Waals surface area contributed by atoms with Gasteiger partial charge in [0, 0.05) is 40.5 Å². The fraction of sp³-hybridized carbons (Fsp3) is 0.160. The summed E-state index contributed by atoms with van der Waals surface area (Å²) in [5.74, 6) is -1.04. The molecule has 0 fully saturated rings. The lowest BCUT2D eigenvalue weighted by Crippen LogP contribution is -2.25. The van der Waals surface area contributed by atoms with Crippen molar-refractivity contribution in [2.24, 2.45) is 5.73 Å². The van der Waals surface area contributed by atoms with Gasteiger partial charge in [0.05, 0.1) is 11.2 Å². The topological polar surface area (TPSA) is 101 Å². The van der Waals surface area contributed by atoms with E-state index in [9.17, 15) is 14.0 Å². The van der Waals surface area contributed by atoms with Crippen LogP contribution < -0.4 is 11.1 Å². The van der Waals surface area contributed by atoms with Crippen LogP contribution in [0, 0.1) is 19.7 Å². The van der Waals surface area contributed by atoms with Crippen molar-refractivity contribution < 1.29 is 14.0 Å². The minimum Gasteiger partial charge on any atom is -0.366 e. The zero-order valence-corrected chi connectivity index (χ0v) is 17.8. The summed E-state index contributed by atoms with van der Waals surface area (Å²) in [4.78, 5) is 31.6. The predicted octanol–water partition coefficient (Wildman–Crippen LogP) is 4.06. The highest BCUT2D eigenvalue weighted by Crippen LogP contribution is 2.28. The number of carbonyl (C=O) groups is 2. The number of amides is 2. The van der Waals surface area contributed by atoms with Crippen molar-refractivity contribution in [1.82, 2.24) is 15.3 Å². The molecule has 2 aromatic carbocycles. The Morgan fingerprint density at radius 2 is 1.91 bits per heavy atom. The number of nitrogens with one attached hydrogen (secondary N) is 2. The molecular weight excluding hydrogens is 407 g/mol. The maximum absolute atomic E-state index is 14.1. The average molecular weight is 430 g/mol. The van der Waals surface area contributed by atoms with Crippen molar-refractivity contribution in [3.8, 4) is 11.3 Å². The monoisotopic (exact) mass is 430 g/mol. The number of nitrogens with two attached hydrogens (primary N) is 1. The molecule has 2 heterocycles. The number of pyridine rings is 1. The first-order chi connectivity index (χ1) is 15.3. The minimum atomic E-state index is -0.525. The van der Waals surface area contributed by atoms with E-state index in [1.807, 2.05) is 13.8 Å². The van der Waals surface area contributed by atoms with Crippen LogP contribution in [0.3, 0.4) is 0 Å². The highest BCUT2D eigenvalue weighted by Gasteiger charge is 2.15. The average Bonchev–Trinajstić information content (AvgIpc) is 3.14. The Morgan fingerprint density at radius 1 is 1.09 bits per heavy atom. The molecule has 0 atom stereocenters. The van der Waals surface area contributed by atoms with Gasteiger partial charge >= 0.3 is 0 Å². The van der Waals surface area contributed by atoms with Gasteiger partial charge in [-0.15, -0.1) is 0 Å². The molecule has 4 rings (SSSR count). The number of fused-ring (bicyclic) bond motifs is 1. The second-order valence-electron chi connectivity index (χ2n) is 7.72. The number of aromatic nitrogens is 2. The third kappa shape index (κ3) is 4.09. The van der Waals surface area contributed by atoms with Gasteiger partial charge in [0.25, 0.3) is 5.91 Å². The molecule has 0 aliphatic rings. The van der Waals surface area contributed by atoms with Gasteiger partial charge in [-0.1, -0.05) is 18.2 Å². The molecule has 2 amide bonds. The summed E-state index contributed by atoms with van der Waals surface area (Å²) < 4.78 is 14.1. The molecule has 0 saturated carbocycles. The van der Waals surface area contributed by atoms with E-state index in [0.717, 1.165) is 22.2 Å². The van der Waals surface area contributed by atoms with Gasteiger partial charge in [0.15, 0.2) is 0 Å². The van der Waals surface area contributed by atoms with Crippen molar-refractivity contribution >= 4 is 22.7 Å². The van der Waals surface area contributed by atoms with Crippen molar-refractivity contribution in [3.05, 3.63) is 88.5 Å². The van der Waals surface area contributed by atoms with Gasteiger partial charge in [-0.3, -0.25) is 14.6 Å². The number of H-pyrrole nitrogens is 1. The number of primary amides is 1. The van der Waals surface area contributed by atoms with Crippen LogP contribution in [0.1, 0.15) is 37.5 Å². The van der Waals surface area contributed by atoms with Crippen LogP contribution in [-0.4, -0.2) is 28.3 Å². The summed E-state index contributed by atoms with van der Waals surface area (Å²) in [6.07, 6.45) is 2.12. The fourth-order valence-corrected chi connectivity index (χ4v) is 3.92. The SMILES string of the molecule is Cc1[nH]c2c(F)ccc(C)c2c1CCNC(=O)c1ccnc(-c2cccc(C(N)=O)c2)c1. The Balaban J connectivity index is 1.49. The smallest absolute Gasteiger partial charge is 0.251 e. The first kappa shape index (κ1) is 21.2. The summed E-state index contributed by atoms with van der Waals surface area (Å²) >= 11 is 0. The normalized spacial score (nSPS) is 11.0. The van der Waals surface area contributed by atoms with Crippen LogP contribution in [-0.2, 0) is 6.42 Å². The van der Waals surface area contributed by atoms with Gasteiger partial charge < -0.3 is 16.0 Å². The molecule has 2 aromatic heterocycles. The zero-order valence-electron chi connectivity index (χ0n) is 17.8. The number of aryl methyl sites for hydroxylation is 2. The van der Waals surface area contributed by atoms with E-state index in [1.165, 1.54) is 6.07 Å². The Hall–Kier alpha value is -4.00. The first-order valence-corrected chi connectivity index (χ1v) is 10.3. The van der Waals surface area contributed by atoms with Gasteiger partial charge in [-0.05, 0) is 61.7 Å². The Bertz CT molecular complexity index is 1340. The molecule has 6 nitrogen and oxygen atoms in total. The highest BCUT2D eigenvalue weighted by atomic mass is 19.1. The Morgan fingerprint density at radius 3 is 2.69 bits per heavy atom. The third-order valence-corrected chi connectivity index (χ3v) is 5.56. The number of hydrogen-bond donors (Lipinski definition) is 3. The summed E-state index contributed by atoms with van der Waals surface area (Å²) in [7, 11) is 0. The molecule has 4 aromatic rings. The number of nitrogens with zero attached hydrogens (tertiary/aromatic N) is 1. The van der Waals surface area contributed by atoms with E-state index in [4.69, 9.17) is 5.73 Å². The number of halogens is 1. The van der Waals surface area contributed by atoms with Crippen LogP contribution >= 0.6 is 0 Å². The maximum atomic E-state index is 14.1. The van der Waals surface area contributed by atoms with Crippen molar-refractivity contribution in [3.63, 3.8) is 0 Å². The number of rotatable bonds is 6. The summed E-state index contributed by atoms with van der Waals surface area (Å²) in [5, 5.41) is 3.80. The number of benzene rings is 2. The molecule has 0 radical (unpaired) electrons. The van der Waals surface area contributed by atoms with E-state index in [-0.39, 0.29) is 11.7 Å². The molecule has 7 heteroatoms. The van der Waals surface area contributed by atoms with E-state index >= 15 is 0 Å². The predicted molar refractivity (Wildman–Crippen MR) is 122 cm³/mol. The second kappa shape index (κ2) is 8.63. The van der Waals surface area contributed by atoms with Gasteiger partial charge in [-0.25, -0.2) is 4.39 Å². The fourth-order valence-electron chi connectivity index (χ4n) is 3.92. The van der Waals surface area contributed by atoms with Gasteiger partial charge in [0.1, 0.15) is 5.82 Å². The van der Waals surface area contributed by atoms with Crippen molar-refractivity contribution in [2.75, 3.05) is 6.54 Å². The molecule has 162 valence electrons. The van der Waals surface area contributed by atoms with E-state index in [2.05, 4.69) is 15.3 Å². The highest BCUT2D eigenvalue weighted by molar-refractivity contribution is 5.96. The quantitative estimate of drug-likeness (QED) is 0.430. The third-order valence-electron chi connectivity index (χ3n) is 5.56. The zero-order chi connectivity index (χ0) is 22.8. The lowest BCUT2D eigenvalue weighted by atomic mass is 10.0. The minimum absolute atomic E-state index is 0.236. The number of carbonyl (C=O) groups excluding carboxylic acids is 2. The molecule has 0 aliphatic heterocycles. The second-order valence-corrected chi connectivity index (χ2v) is 7.72. The summed E-state index contributed by atoms with van der Waals surface area (Å²) in [6.45, 7) is 4.26. The lowest BCUT2D eigenvalue weighted by molar-refractivity contribution is 0.0952. The van der Waals surface area contributed by atoms with Crippen LogP contribution in [0.2, 0.25) is 0 Å². The van der Waals surface area contributed by atoms with E-state index in [0.29, 0.717) is 40.9 Å². The summed E-state index contributed by atoms with van der Waals surface area (Å²) in [5.41, 5.74) is 10.8. The van der Waals surface area contributed by atoms with Crippen LogP contribution in [0.15, 0.2) is 54.7 Å². The largest absolute Gasteiger partial charge is 0.366 e. The molecule has 0 bridgehead atoms. The summed E-state index contributed by atoms with van der Waals surface area (Å²) in [6, 6.07) is 13.3. The molecule has 0 saturated heterocycles. The maximum Gasteiger partial charge on any atom is 0.251 e. The molecule has 0 aliphatic carbocycles. The first-order valence-electron chi connectivity index (χ1n) is 10.3. The molecule has 0 spiro atoms. The van der Waals surface area contributed by atoms with Gasteiger partial charge in [0.2, 0.25) is 5.91 Å². The number of aromatic amines is 1. The molecule has 32 heavy (non-hydrogen) atoms. The van der Waals surface area contributed by atoms with Crippen LogP contribution in [0.4, 0.5) is 4.39 Å². The molecule has 0 unspecified atom stereocenters. The standard InChI is InChI=1S/C25H23FN4O2/c1-14-6-7-20(26)23-22(14)19(15(2)30-23)9-11-29-25(32)18-8-10-28-21(13-18)16-4-3-5-17(12-16)24(27)31/h3-8,10,12-13,30H,9,11H2,1-2H3,(H2,27,31)(H,29,32).